The molecule has 3 heteroatoms. The van der Waals surface area contributed by atoms with Gasteiger partial charge in [0.2, 0.25) is 0 Å². The van der Waals surface area contributed by atoms with E-state index >= 15 is 0 Å². The topological polar surface area (TPSA) is 46.5 Å². The molecule has 0 spiro atoms. The van der Waals surface area contributed by atoms with Gasteiger partial charge < -0.3 is 9.84 Å². The number of aryl methyl sites for hydroxylation is 1. The lowest BCUT2D eigenvalue weighted by atomic mass is 9.88. The van der Waals surface area contributed by atoms with Gasteiger partial charge in [-0.3, -0.25) is 4.79 Å². The highest BCUT2D eigenvalue weighted by Gasteiger charge is 2.34. The van der Waals surface area contributed by atoms with Crippen molar-refractivity contribution in [2.75, 3.05) is 13.2 Å². The zero-order valence-corrected chi connectivity index (χ0v) is 8.64. The van der Waals surface area contributed by atoms with Crippen LogP contribution in [0.25, 0.3) is 0 Å². The number of carboxylic acids is 1. The van der Waals surface area contributed by atoms with E-state index in [9.17, 15) is 4.79 Å². The first-order chi connectivity index (χ1) is 7.18. The van der Waals surface area contributed by atoms with Crippen LogP contribution in [0.3, 0.4) is 0 Å². The molecule has 2 unspecified atom stereocenters. The molecule has 80 valence electrons. The van der Waals surface area contributed by atoms with E-state index < -0.39 is 11.9 Å². The van der Waals surface area contributed by atoms with Crippen molar-refractivity contribution in [2.45, 2.75) is 12.8 Å². The molecule has 0 aromatic heterocycles. The average Bonchev–Trinajstić information content (AvgIpc) is 2.65. The summed E-state index contributed by atoms with van der Waals surface area (Å²) in [5.41, 5.74) is 2.23. The van der Waals surface area contributed by atoms with Crippen molar-refractivity contribution in [3.05, 3.63) is 35.4 Å². The Bertz CT molecular complexity index is 373. The summed E-state index contributed by atoms with van der Waals surface area (Å²) in [6, 6.07) is 7.98. The van der Waals surface area contributed by atoms with Crippen LogP contribution in [0.1, 0.15) is 17.0 Å². The molecule has 3 nitrogen and oxygen atoms in total. The van der Waals surface area contributed by atoms with Gasteiger partial charge in [0.25, 0.3) is 0 Å². The molecular weight excluding hydrogens is 192 g/mol. The van der Waals surface area contributed by atoms with E-state index in [-0.39, 0.29) is 5.92 Å². The van der Waals surface area contributed by atoms with E-state index in [0.29, 0.717) is 13.2 Å². The van der Waals surface area contributed by atoms with Crippen molar-refractivity contribution in [1.82, 2.24) is 0 Å². The molecule has 0 amide bonds. The Labute approximate surface area is 88.7 Å². The van der Waals surface area contributed by atoms with Gasteiger partial charge in [-0.05, 0) is 12.5 Å². The van der Waals surface area contributed by atoms with E-state index in [0.717, 1.165) is 11.1 Å². The normalized spacial score (nSPS) is 25.4. The average molecular weight is 206 g/mol. The molecule has 1 aliphatic heterocycles. The van der Waals surface area contributed by atoms with Crippen molar-refractivity contribution in [2.24, 2.45) is 5.92 Å². The highest BCUT2D eigenvalue weighted by atomic mass is 16.5. The van der Waals surface area contributed by atoms with Gasteiger partial charge in [0.05, 0.1) is 19.1 Å². The number of rotatable bonds is 2. The lowest BCUT2D eigenvalue weighted by molar-refractivity contribution is -0.142. The second kappa shape index (κ2) is 4.03. The van der Waals surface area contributed by atoms with Gasteiger partial charge in [-0.1, -0.05) is 29.8 Å². The maximum Gasteiger partial charge on any atom is 0.309 e. The zero-order chi connectivity index (χ0) is 10.8. The smallest absolute Gasteiger partial charge is 0.309 e. The van der Waals surface area contributed by atoms with Crippen LogP contribution < -0.4 is 0 Å². The second-order valence-electron chi connectivity index (χ2n) is 4.00. The fourth-order valence-electron chi connectivity index (χ4n) is 2.03. The van der Waals surface area contributed by atoms with Gasteiger partial charge in [0, 0.05) is 5.92 Å². The highest BCUT2D eigenvalue weighted by molar-refractivity contribution is 5.72. The van der Waals surface area contributed by atoms with E-state index in [2.05, 4.69) is 0 Å². The van der Waals surface area contributed by atoms with E-state index in [1.807, 2.05) is 31.2 Å². The lowest BCUT2D eigenvalue weighted by Crippen LogP contribution is -2.20. The third-order valence-corrected chi connectivity index (χ3v) is 2.87. The van der Waals surface area contributed by atoms with Gasteiger partial charge >= 0.3 is 5.97 Å². The van der Waals surface area contributed by atoms with Gasteiger partial charge in [0.15, 0.2) is 0 Å². The van der Waals surface area contributed by atoms with Crippen molar-refractivity contribution < 1.29 is 14.6 Å². The molecule has 2 rings (SSSR count). The summed E-state index contributed by atoms with van der Waals surface area (Å²) < 4.78 is 5.24. The van der Waals surface area contributed by atoms with Crippen LogP contribution in [-0.2, 0) is 9.53 Å². The molecule has 0 aliphatic carbocycles. The molecule has 1 heterocycles. The Kier molecular flexibility index (Phi) is 2.73. The number of carboxylic acid groups (broad SMARTS) is 1. The predicted molar refractivity (Wildman–Crippen MR) is 55.9 cm³/mol. The minimum absolute atomic E-state index is 0.00222. The summed E-state index contributed by atoms with van der Waals surface area (Å²) in [6.45, 7) is 2.85. The van der Waals surface area contributed by atoms with E-state index in [1.165, 1.54) is 0 Å². The van der Waals surface area contributed by atoms with Crippen molar-refractivity contribution in [1.29, 1.82) is 0 Å². The second-order valence-corrected chi connectivity index (χ2v) is 4.00. The molecule has 1 aromatic rings. The maximum atomic E-state index is 11.0. The fourth-order valence-corrected chi connectivity index (χ4v) is 2.03. The minimum Gasteiger partial charge on any atom is -0.481 e. The van der Waals surface area contributed by atoms with Crippen LogP contribution in [0.15, 0.2) is 24.3 Å². The lowest BCUT2D eigenvalue weighted by Gasteiger charge is -2.14. The monoisotopic (exact) mass is 206 g/mol. The fraction of sp³-hybridized carbons (Fsp3) is 0.417. The molecule has 1 N–H and O–H groups in total. The number of ether oxygens (including phenoxy) is 1. The first kappa shape index (κ1) is 10.2. The van der Waals surface area contributed by atoms with Crippen LogP contribution in [0.4, 0.5) is 0 Å². The molecule has 0 saturated carbocycles. The minimum atomic E-state index is -0.765. The third kappa shape index (κ3) is 2.02. The summed E-state index contributed by atoms with van der Waals surface area (Å²) >= 11 is 0. The van der Waals surface area contributed by atoms with Crippen molar-refractivity contribution >= 4 is 5.97 Å². The Morgan fingerprint density at radius 1 is 1.47 bits per heavy atom. The van der Waals surface area contributed by atoms with Crippen LogP contribution in [0.2, 0.25) is 0 Å². The van der Waals surface area contributed by atoms with Crippen molar-refractivity contribution in [3.63, 3.8) is 0 Å². The molecule has 0 bridgehead atoms. The highest BCUT2D eigenvalue weighted by Crippen LogP contribution is 2.31. The Balaban J connectivity index is 2.26. The molecular formula is C12H14O3. The summed E-state index contributed by atoms with van der Waals surface area (Å²) in [6.07, 6.45) is 0. The first-order valence-electron chi connectivity index (χ1n) is 5.05. The third-order valence-electron chi connectivity index (χ3n) is 2.87. The summed E-state index contributed by atoms with van der Waals surface area (Å²) in [5.74, 6) is -1.16. The summed E-state index contributed by atoms with van der Waals surface area (Å²) in [5, 5.41) is 9.03. The zero-order valence-electron chi connectivity index (χ0n) is 8.64. The van der Waals surface area contributed by atoms with Crippen LogP contribution >= 0.6 is 0 Å². The number of benzene rings is 1. The van der Waals surface area contributed by atoms with Gasteiger partial charge in [0.1, 0.15) is 0 Å². The molecule has 15 heavy (non-hydrogen) atoms. The molecule has 1 fully saturated rings. The maximum absolute atomic E-state index is 11.0. The summed E-state index contributed by atoms with van der Waals surface area (Å²) in [4.78, 5) is 11.0. The molecule has 1 aliphatic rings. The van der Waals surface area contributed by atoms with E-state index in [1.54, 1.807) is 0 Å². The number of carbonyl (C=O) groups is 1. The van der Waals surface area contributed by atoms with Gasteiger partial charge in [-0.2, -0.15) is 0 Å². The number of hydrogen-bond donors (Lipinski definition) is 1. The molecule has 1 saturated heterocycles. The molecule has 0 radical (unpaired) electrons. The molecule has 2 atom stereocenters. The van der Waals surface area contributed by atoms with Crippen LogP contribution in [0, 0.1) is 12.8 Å². The SMILES string of the molecule is Cc1cccc(C2COCC2C(=O)O)c1. The number of hydrogen-bond acceptors (Lipinski definition) is 2. The van der Waals surface area contributed by atoms with Crippen molar-refractivity contribution in [3.8, 4) is 0 Å². The Morgan fingerprint density at radius 3 is 2.93 bits per heavy atom. The standard InChI is InChI=1S/C12H14O3/c1-8-3-2-4-9(5-8)10-6-15-7-11(10)12(13)14/h2-5,10-11H,6-7H2,1H3,(H,13,14). The first-order valence-corrected chi connectivity index (χ1v) is 5.05. The van der Waals surface area contributed by atoms with Gasteiger partial charge in [-0.15, -0.1) is 0 Å². The molecule has 1 aromatic carbocycles. The van der Waals surface area contributed by atoms with Crippen LogP contribution in [0.5, 0.6) is 0 Å². The quantitative estimate of drug-likeness (QED) is 0.802. The van der Waals surface area contributed by atoms with Crippen LogP contribution in [-0.4, -0.2) is 24.3 Å². The summed E-state index contributed by atoms with van der Waals surface area (Å²) in [7, 11) is 0. The van der Waals surface area contributed by atoms with Gasteiger partial charge in [-0.25, -0.2) is 0 Å². The predicted octanol–water partition coefficient (Wildman–Crippen LogP) is 1.81. The number of aliphatic carboxylic acids is 1. The largest absolute Gasteiger partial charge is 0.481 e. The Morgan fingerprint density at radius 2 is 2.27 bits per heavy atom. The van der Waals surface area contributed by atoms with E-state index in [4.69, 9.17) is 9.84 Å². The Hall–Kier alpha value is -1.35.